The number of rotatable bonds is 5. The Morgan fingerprint density at radius 1 is 1.12 bits per heavy atom. The van der Waals surface area contributed by atoms with Crippen LogP contribution in [0.4, 0.5) is 4.39 Å². The average Bonchev–Trinajstić information content (AvgIpc) is 3.45. The number of fused-ring (bicyclic) bond motifs is 1. The van der Waals surface area contributed by atoms with E-state index in [0.29, 0.717) is 22.4 Å². The highest BCUT2D eigenvalue weighted by molar-refractivity contribution is 8.27. The van der Waals surface area contributed by atoms with Gasteiger partial charge in [-0.25, -0.2) is 4.39 Å². The summed E-state index contributed by atoms with van der Waals surface area (Å²) >= 11 is 1.17. The monoisotopic (exact) mass is 459 g/mol. The Morgan fingerprint density at radius 2 is 1.88 bits per heavy atom. The lowest BCUT2D eigenvalue weighted by molar-refractivity contribution is -0.114. The van der Waals surface area contributed by atoms with Crippen LogP contribution in [0.25, 0.3) is 11.8 Å². The van der Waals surface area contributed by atoms with Crippen molar-refractivity contribution in [1.82, 2.24) is 9.58 Å². The van der Waals surface area contributed by atoms with E-state index in [1.807, 2.05) is 54.1 Å². The molecule has 0 bridgehead atoms. The fraction of sp³-hybridized carbons (Fsp3) is 0.0833. The summed E-state index contributed by atoms with van der Waals surface area (Å²) in [6.07, 6.45) is 3.52. The van der Waals surface area contributed by atoms with E-state index >= 15 is 0 Å². The van der Waals surface area contributed by atoms with Crippen LogP contribution in [-0.4, -0.2) is 38.1 Å². The molecule has 0 radical (unpaired) electrons. The molecule has 2 aliphatic rings. The van der Waals surface area contributed by atoms with Crippen molar-refractivity contribution in [3.8, 4) is 11.4 Å². The van der Waals surface area contributed by atoms with E-state index < -0.39 is 5.91 Å². The molecule has 0 aliphatic carbocycles. The maximum absolute atomic E-state index is 13.2. The number of nitrogens with zero attached hydrogens (tertiary/aromatic N) is 4. The summed E-state index contributed by atoms with van der Waals surface area (Å²) in [5.41, 5.74) is 2.44. The SMILES string of the molecule is CCOc1ccc(-n2cccc2/C=C2/C(=N)N3N=C(c4ccc(F)cc4)SC3=NC2=O)cc1. The molecule has 164 valence electrons. The van der Waals surface area contributed by atoms with Crippen molar-refractivity contribution in [1.29, 1.82) is 5.41 Å². The standard InChI is InChI=1S/C24H18FN5O2S/c1-2-32-19-11-9-17(10-12-19)29-13-3-4-18(29)14-20-21(26)30-24(27-22(20)31)33-23(28-30)15-5-7-16(25)8-6-15/h3-14,26H,2H2,1H3/b20-14-,26-21?. The third kappa shape index (κ3) is 3.98. The van der Waals surface area contributed by atoms with E-state index in [1.54, 1.807) is 18.2 Å². The fourth-order valence-electron chi connectivity index (χ4n) is 3.47. The van der Waals surface area contributed by atoms with Crippen LogP contribution in [-0.2, 0) is 4.79 Å². The Bertz CT molecular complexity index is 1340. The zero-order chi connectivity index (χ0) is 22.9. The molecule has 2 aliphatic heterocycles. The van der Waals surface area contributed by atoms with Crippen LogP contribution in [0.15, 0.2) is 82.5 Å². The molecule has 0 atom stereocenters. The summed E-state index contributed by atoms with van der Waals surface area (Å²) in [6.45, 7) is 2.52. The van der Waals surface area contributed by atoms with Crippen molar-refractivity contribution >= 4 is 39.8 Å². The number of hydrogen-bond acceptors (Lipinski definition) is 5. The van der Waals surface area contributed by atoms with Crippen molar-refractivity contribution in [2.24, 2.45) is 10.1 Å². The Kier molecular flexibility index (Phi) is 5.39. The van der Waals surface area contributed by atoms with E-state index in [1.165, 1.54) is 28.9 Å². The quantitative estimate of drug-likeness (QED) is 0.562. The number of aliphatic imine (C=N–C) groups is 1. The number of amidine groups is 2. The van der Waals surface area contributed by atoms with Gasteiger partial charge in [-0.05, 0) is 85.4 Å². The summed E-state index contributed by atoms with van der Waals surface area (Å²) in [7, 11) is 0. The third-order valence-corrected chi connectivity index (χ3v) is 6.00. The number of nitrogens with one attached hydrogen (secondary N) is 1. The lowest BCUT2D eigenvalue weighted by atomic mass is 10.1. The predicted octanol–water partition coefficient (Wildman–Crippen LogP) is 4.68. The van der Waals surface area contributed by atoms with Crippen LogP contribution < -0.4 is 4.74 Å². The molecule has 3 heterocycles. The van der Waals surface area contributed by atoms with Gasteiger partial charge in [0.25, 0.3) is 5.91 Å². The van der Waals surface area contributed by atoms with Gasteiger partial charge >= 0.3 is 0 Å². The lowest BCUT2D eigenvalue weighted by Gasteiger charge is -2.20. The molecule has 33 heavy (non-hydrogen) atoms. The average molecular weight is 460 g/mol. The Morgan fingerprint density at radius 3 is 2.61 bits per heavy atom. The van der Waals surface area contributed by atoms with Crippen molar-refractivity contribution in [3.05, 3.63) is 89.5 Å². The number of aromatic nitrogens is 1. The van der Waals surface area contributed by atoms with Gasteiger partial charge in [0, 0.05) is 23.1 Å². The number of hydrazone groups is 1. The lowest BCUT2D eigenvalue weighted by Crippen LogP contribution is -2.35. The molecule has 1 N–H and O–H groups in total. The molecular formula is C24H18FN5O2S. The maximum atomic E-state index is 13.2. The molecule has 3 aromatic rings. The minimum atomic E-state index is -0.506. The number of thioether (sulfide) groups is 1. The number of hydrogen-bond donors (Lipinski definition) is 1. The van der Waals surface area contributed by atoms with Crippen LogP contribution >= 0.6 is 11.8 Å². The number of carbonyl (C=O) groups is 1. The van der Waals surface area contributed by atoms with Gasteiger partial charge in [-0.15, -0.1) is 0 Å². The van der Waals surface area contributed by atoms with Gasteiger partial charge in [0.15, 0.2) is 5.84 Å². The highest BCUT2D eigenvalue weighted by Gasteiger charge is 2.36. The molecule has 0 saturated heterocycles. The molecule has 5 rings (SSSR count). The van der Waals surface area contributed by atoms with Crippen LogP contribution in [0.2, 0.25) is 0 Å². The molecule has 0 saturated carbocycles. The number of carbonyl (C=O) groups excluding carboxylic acids is 1. The molecule has 2 aromatic carbocycles. The first-order chi connectivity index (χ1) is 16.0. The number of benzene rings is 2. The van der Waals surface area contributed by atoms with E-state index in [2.05, 4.69) is 10.1 Å². The maximum Gasteiger partial charge on any atom is 0.283 e. The van der Waals surface area contributed by atoms with Gasteiger partial charge in [-0.1, -0.05) is 0 Å². The second kappa shape index (κ2) is 8.51. The van der Waals surface area contributed by atoms with E-state index in [-0.39, 0.29) is 17.2 Å². The van der Waals surface area contributed by atoms with Crippen LogP contribution in [0.5, 0.6) is 5.75 Å². The highest BCUT2D eigenvalue weighted by atomic mass is 32.2. The molecule has 7 nitrogen and oxygen atoms in total. The zero-order valence-electron chi connectivity index (χ0n) is 17.5. The van der Waals surface area contributed by atoms with Gasteiger partial charge in [0.1, 0.15) is 16.6 Å². The zero-order valence-corrected chi connectivity index (χ0v) is 18.3. The number of amides is 1. The summed E-state index contributed by atoms with van der Waals surface area (Å²) in [4.78, 5) is 16.9. The summed E-state index contributed by atoms with van der Waals surface area (Å²) in [5, 5.41) is 15.2. The fourth-order valence-corrected chi connectivity index (χ4v) is 4.36. The first-order valence-corrected chi connectivity index (χ1v) is 11.0. The van der Waals surface area contributed by atoms with Gasteiger partial charge < -0.3 is 9.30 Å². The third-order valence-electron chi connectivity index (χ3n) is 5.04. The van der Waals surface area contributed by atoms with Gasteiger partial charge in [-0.2, -0.15) is 15.1 Å². The molecular weight excluding hydrogens is 441 g/mol. The molecule has 9 heteroatoms. The number of halogens is 1. The van der Waals surface area contributed by atoms with Gasteiger partial charge in [0.2, 0.25) is 5.17 Å². The first-order valence-electron chi connectivity index (χ1n) is 10.2. The summed E-state index contributed by atoms with van der Waals surface area (Å²) < 4.78 is 20.7. The smallest absolute Gasteiger partial charge is 0.283 e. The van der Waals surface area contributed by atoms with E-state index in [4.69, 9.17) is 10.1 Å². The minimum absolute atomic E-state index is 0.0611. The predicted molar refractivity (Wildman–Crippen MR) is 127 cm³/mol. The van der Waals surface area contributed by atoms with Crippen LogP contribution in [0.1, 0.15) is 18.2 Å². The van der Waals surface area contributed by atoms with Crippen molar-refractivity contribution in [2.45, 2.75) is 6.92 Å². The topological polar surface area (TPSA) is 83.0 Å². The Hall–Kier alpha value is -3.98. The molecule has 0 spiro atoms. The van der Waals surface area contributed by atoms with Gasteiger partial charge in [-0.3, -0.25) is 10.2 Å². The van der Waals surface area contributed by atoms with Crippen LogP contribution in [0.3, 0.4) is 0 Å². The molecule has 1 amide bonds. The van der Waals surface area contributed by atoms with Crippen molar-refractivity contribution in [2.75, 3.05) is 6.61 Å². The van der Waals surface area contributed by atoms with Crippen molar-refractivity contribution < 1.29 is 13.9 Å². The van der Waals surface area contributed by atoms with E-state index in [9.17, 15) is 9.18 Å². The minimum Gasteiger partial charge on any atom is -0.494 e. The summed E-state index contributed by atoms with van der Waals surface area (Å²) in [6, 6.07) is 17.2. The Labute approximate surface area is 193 Å². The normalized spacial score (nSPS) is 16.7. The van der Waals surface area contributed by atoms with Crippen LogP contribution in [0, 0.1) is 11.2 Å². The second-order valence-corrected chi connectivity index (χ2v) is 8.12. The largest absolute Gasteiger partial charge is 0.494 e. The van der Waals surface area contributed by atoms with E-state index in [0.717, 1.165) is 17.1 Å². The first kappa shape index (κ1) is 20.9. The second-order valence-electron chi connectivity index (χ2n) is 7.16. The number of ether oxygens (including phenoxy) is 1. The highest BCUT2D eigenvalue weighted by Crippen LogP contribution is 2.31. The molecule has 1 aromatic heterocycles. The van der Waals surface area contributed by atoms with Crippen molar-refractivity contribution in [3.63, 3.8) is 0 Å². The molecule has 0 fully saturated rings. The Balaban J connectivity index is 1.45. The van der Waals surface area contributed by atoms with Gasteiger partial charge in [0.05, 0.1) is 12.2 Å². The summed E-state index contributed by atoms with van der Waals surface area (Å²) in [5.74, 6) is -0.135. The molecule has 0 unspecified atom stereocenters.